The number of hydrogen-bond donors (Lipinski definition) is 1. The Kier molecular flexibility index (Phi) is 19.1. The molecule has 1 aliphatic rings. The summed E-state index contributed by atoms with van der Waals surface area (Å²) in [4.78, 5) is 15.0. The van der Waals surface area contributed by atoms with Crippen molar-refractivity contribution in [3.63, 3.8) is 0 Å². The number of H-pyrrole nitrogens is 1. The summed E-state index contributed by atoms with van der Waals surface area (Å²) in [7, 11) is -0.802. The van der Waals surface area contributed by atoms with Gasteiger partial charge in [0.05, 0.1) is 27.2 Å². The van der Waals surface area contributed by atoms with E-state index in [1.807, 2.05) is 70.4 Å². The Bertz CT molecular complexity index is 7200. The molecule has 0 unspecified atom stereocenters. The van der Waals surface area contributed by atoms with Crippen LogP contribution in [-0.2, 0) is 9.31 Å². The van der Waals surface area contributed by atoms with E-state index in [1.54, 1.807) is 23.5 Å². The smallest absolute Gasteiger partial charge is 0.399 e. The van der Waals surface area contributed by atoms with Crippen molar-refractivity contribution in [2.24, 2.45) is 0 Å². The number of fused-ring (bicyclic) bond motifs is 25. The van der Waals surface area contributed by atoms with E-state index in [1.165, 1.54) is 150 Å². The second-order valence-corrected chi connectivity index (χ2v) is 36.6. The molecule has 0 bridgehead atoms. The highest BCUT2D eigenvalue weighted by Crippen LogP contribution is 2.50. The minimum atomic E-state index is -0.446. The molecule has 0 amide bonds. The van der Waals surface area contributed by atoms with Crippen LogP contribution < -0.4 is 21.4 Å². The first-order valence-corrected chi connectivity index (χ1v) is 43.1. The first-order chi connectivity index (χ1) is 55.3. The number of nitro benzene ring substituents is 1. The number of benzene rings is 17. The van der Waals surface area contributed by atoms with Crippen LogP contribution in [0.15, 0.2) is 356 Å². The molecule has 1 N–H and O–H groups in total. The van der Waals surface area contributed by atoms with Gasteiger partial charge in [-0.3, -0.25) is 10.1 Å². The zero-order chi connectivity index (χ0) is 76.5. The molecule has 17 aromatic carbocycles. The molecule has 0 atom stereocenters. The van der Waals surface area contributed by atoms with E-state index in [4.69, 9.17) is 9.31 Å². The van der Waals surface area contributed by atoms with Crippen molar-refractivity contribution in [1.82, 2.24) is 4.98 Å². The van der Waals surface area contributed by atoms with Gasteiger partial charge in [-0.1, -0.05) is 313 Å². The molecule has 0 radical (unpaired) electrons. The maximum absolute atomic E-state index is 11.6. The molecular weight excluding hydrogens is 1540 g/mol. The van der Waals surface area contributed by atoms with Gasteiger partial charge in [-0.25, -0.2) is 0 Å². The molecule has 6 heterocycles. The van der Waals surface area contributed by atoms with Crippen molar-refractivity contribution in [2.45, 2.75) is 38.9 Å². The largest absolute Gasteiger partial charge is 0.495 e. The van der Waals surface area contributed by atoms with Crippen LogP contribution in [0.4, 0.5) is 5.69 Å². The Morgan fingerprint density at radius 1 is 0.345 bits per heavy atom. The number of para-hydroxylation sites is 2. The molecule has 1 aliphatic heterocycles. The standard InChI is InChI=1S/C22H21BO2S.C22H13NO2S.C22H13NS.C18H15P.C16H9BrS/c1-21(2)22(3,4)25-23(24-21)17-13-14-9-5-6-10-15(14)20-19(17)16-11-7-8-12-18(16)26-20;24-23(25)19-11-5-3-9-16(19)18-13-14-7-1-2-8-15(14)22-21(18)17-10-4-6-12-20(17)26-22;1-2-8-14-13(7-1)21-19(15-9-3-5-11-17(15)23-21)20-16-10-4-6-12-18(16)24-22(14)20;1-4-10-16(11-5-1)19(17-12-6-2-7-13-17)18-14-8-3-9-15-18;17-13-9-10-5-1-2-6-11(10)16-15(13)12-7-3-4-8-14(12)18-16/h5-13H,1-4H3;1-13H;1-12,23H;1-15H;1-9H. The maximum atomic E-state index is 11.6. The molecule has 0 saturated carbocycles. The highest BCUT2D eigenvalue weighted by atomic mass is 79.9. The third-order valence-electron chi connectivity index (χ3n) is 22.0. The number of nitrogens with zero attached hydrogens (tertiary/aromatic N) is 1. The molecular formula is C100H71BBrN2O4PS4. The van der Waals surface area contributed by atoms with Gasteiger partial charge in [0.15, 0.2) is 0 Å². The van der Waals surface area contributed by atoms with Gasteiger partial charge in [0.25, 0.3) is 5.69 Å². The van der Waals surface area contributed by atoms with Gasteiger partial charge in [-0.05, 0) is 149 Å². The number of nitrogens with one attached hydrogen (secondary N) is 1. The average molecular weight is 1610 g/mol. The lowest BCUT2D eigenvalue weighted by molar-refractivity contribution is -0.384. The van der Waals surface area contributed by atoms with Crippen molar-refractivity contribution in [1.29, 1.82) is 0 Å². The minimum absolute atomic E-state index is 0.138. The van der Waals surface area contributed by atoms with Gasteiger partial charge >= 0.3 is 7.12 Å². The third-order valence-corrected chi connectivity index (χ3v) is 29.9. The molecule has 6 nitrogen and oxygen atoms in total. The highest BCUT2D eigenvalue weighted by Gasteiger charge is 2.52. The van der Waals surface area contributed by atoms with Crippen LogP contribution in [0.1, 0.15) is 27.7 Å². The van der Waals surface area contributed by atoms with E-state index < -0.39 is 7.92 Å². The summed E-state index contributed by atoms with van der Waals surface area (Å²) in [5.74, 6) is 0. The number of aromatic nitrogens is 1. The fraction of sp³-hybridized carbons (Fsp3) is 0.0600. The Morgan fingerprint density at radius 2 is 0.699 bits per heavy atom. The zero-order valence-electron chi connectivity index (χ0n) is 62.1. The quantitative estimate of drug-likeness (QED) is 0.0779. The molecule has 544 valence electrons. The second kappa shape index (κ2) is 30.0. The molecule has 0 aliphatic carbocycles. The van der Waals surface area contributed by atoms with Gasteiger partial charge in [0, 0.05) is 113 Å². The predicted molar refractivity (Wildman–Crippen MR) is 497 cm³/mol. The van der Waals surface area contributed by atoms with Gasteiger partial charge in [0.2, 0.25) is 0 Å². The van der Waals surface area contributed by atoms with Gasteiger partial charge in [-0.15, -0.1) is 45.3 Å². The summed E-state index contributed by atoms with van der Waals surface area (Å²) < 4.78 is 24.5. The lowest BCUT2D eigenvalue weighted by Gasteiger charge is -2.32. The summed E-state index contributed by atoms with van der Waals surface area (Å²) >= 11 is 11.1. The molecule has 0 spiro atoms. The molecule has 23 rings (SSSR count). The van der Waals surface area contributed by atoms with Crippen molar-refractivity contribution in [2.75, 3.05) is 0 Å². The van der Waals surface area contributed by atoms with E-state index in [0.717, 1.165) is 27.2 Å². The number of halogens is 1. The molecule has 113 heavy (non-hydrogen) atoms. The van der Waals surface area contributed by atoms with Crippen LogP contribution in [0.5, 0.6) is 0 Å². The minimum Gasteiger partial charge on any atom is -0.399 e. The van der Waals surface area contributed by atoms with Gasteiger partial charge in [-0.2, -0.15) is 0 Å². The molecule has 1 fully saturated rings. The van der Waals surface area contributed by atoms with Crippen LogP contribution in [0.3, 0.4) is 0 Å². The zero-order valence-corrected chi connectivity index (χ0v) is 67.8. The number of rotatable bonds is 6. The summed E-state index contributed by atoms with van der Waals surface area (Å²) in [6.45, 7) is 8.43. The number of aromatic amines is 1. The maximum Gasteiger partial charge on any atom is 0.495 e. The fourth-order valence-electron chi connectivity index (χ4n) is 16.1. The number of hydrogen-bond acceptors (Lipinski definition) is 8. The monoisotopic (exact) mass is 1610 g/mol. The lowest BCUT2D eigenvalue weighted by atomic mass is 9.75. The van der Waals surface area contributed by atoms with E-state index in [0.29, 0.717) is 5.56 Å². The summed E-state index contributed by atoms with van der Waals surface area (Å²) in [5, 5.41) is 38.8. The normalized spacial score (nSPS) is 13.2. The average Bonchev–Trinajstić information content (AvgIpc) is 1.55. The third kappa shape index (κ3) is 13.1. The highest BCUT2D eigenvalue weighted by molar-refractivity contribution is 9.10. The second-order valence-electron chi connectivity index (χ2n) is 29.3. The van der Waals surface area contributed by atoms with Crippen molar-refractivity contribution >= 4 is 249 Å². The van der Waals surface area contributed by atoms with Crippen LogP contribution in [-0.4, -0.2) is 28.2 Å². The SMILES string of the molecule is Brc1cc2ccccc2c2sc3ccccc3c12.CC1(C)OB(c2cc3ccccc3c3sc4ccccc4c23)OC1(C)C.O=[N+]([O-])c1ccccc1-c1cc2ccccc2c2sc3ccccc3c12.c1ccc(P(c2ccccc2)c2ccccc2)cc1.c1ccc2c(c1)[nH]c1c3ccccc3c3sc4ccccc4c3c21. The topological polar surface area (TPSA) is 77.4 Å². The van der Waals surface area contributed by atoms with Crippen LogP contribution >= 0.6 is 69.2 Å². The van der Waals surface area contributed by atoms with Crippen molar-refractivity contribution in [3.05, 3.63) is 366 Å². The summed E-state index contributed by atoms with van der Waals surface area (Å²) in [6.07, 6.45) is 0. The van der Waals surface area contributed by atoms with Crippen molar-refractivity contribution < 1.29 is 14.2 Å². The first kappa shape index (κ1) is 72.0. The Hall–Kier alpha value is -11.2. The van der Waals surface area contributed by atoms with Crippen LogP contribution in [0.2, 0.25) is 0 Å². The number of thiophene rings is 4. The van der Waals surface area contributed by atoms with Crippen molar-refractivity contribution in [3.8, 4) is 11.1 Å². The molecule has 1 saturated heterocycles. The van der Waals surface area contributed by atoms with E-state index in [-0.39, 0.29) is 28.9 Å². The van der Waals surface area contributed by atoms with E-state index >= 15 is 0 Å². The van der Waals surface area contributed by atoms with Crippen LogP contribution in [0.25, 0.3) is 157 Å². The van der Waals surface area contributed by atoms with E-state index in [9.17, 15) is 10.1 Å². The number of nitro groups is 1. The molecule has 5 aromatic heterocycles. The van der Waals surface area contributed by atoms with Crippen LogP contribution in [0, 0.1) is 10.1 Å². The predicted octanol–water partition coefficient (Wildman–Crippen LogP) is 28.5. The Balaban J connectivity index is 0.0000000956. The summed E-state index contributed by atoms with van der Waals surface area (Å²) in [6, 6.07) is 123. The Labute approximate surface area is 678 Å². The summed E-state index contributed by atoms with van der Waals surface area (Å²) in [5.41, 5.74) is 4.63. The molecule has 22 aromatic rings. The van der Waals surface area contributed by atoms with Gasteiger partial charge in [0.1, 0.15) is 0 Å². The Morgan fingerprint density at radius 3 is 1.20 bits per heavy atom. The molecule has 13 heteroatoms. The first-order valence-electron chi connectivity index (χ1n) is 37.7. The lowest BCUT2D eigenvalue weighted by Crippen LogP contribution is -2.41. The van der Waals surface area contributed by atoms with Gasteiger partial charge < -0.3 is 14.3 Å². The fourth-order valence-corrected chi connectivity index (χ4v) is 24.2. The van der Waals surface area contributed by atoms with E-state index in [2.05, 4.69) is 352 Å².